The molecule has 2 heteroatoms. The molecular weight excluding hydrogens is 222 g/mol. The normalized spacial score (nSPS) is 10.5. The van der Waals surface area contributed by atoms with Gasteiger partial charge in [-0.05, 0) is 42.5 Å². The van der Waals surface area contributed by atoms with Gasteiger partial charge in [0, 0.05) is 10.9 Å². The quantitative estimate of drug-likeness (QED) is 0.674. The van der Waals surface area contributed by atoms with Crippen LogP contribution in [0.1, 0.15) is 0 Å². The summed E-state index contributed by atoms with van der Waals surface area (Å²) in [5.41, 5.74) is 2.96. The minimum atomic E-state index is 0.850. The average molecular weight is 234 g/mol. The van der Waals surface area contributed by atoms with E-state index in [-0.39, 0.29) is 0 Å². The largest absolute Gasteiger partial charge is 0.497 e. The third-order valence-corrected chi connectivity index (χ3v) is 2.90. The summed E-state index contributed by atoms with van der Waals surface area (Å²) in [4.78, 5) is 4.63. The molecular formula is C16H12NO. The fourth-order valence-electron chi connectivity index (χ4n) is 1.91. The van der Waals surface area contributed by atoms with Crippen LogP contribution in [0.15, 0.2) is 54.6 Å². The predicted molar refractivity (Wildman–Crippen MR) is 72.6 cm³/mol. The smallest absolute Gasteiger partial charge is 0.118 e. The van der Waals surface area contributed by atoms with Crippen molar-refractivity contribution in [2.45, 2.75) is 0 Å². The minimum absolute atomic E-state index is 0.850. The van der Waals surface area contributed by atoms with Crippen LogP contribution in [0, 0.1) is 6.07 Å². The number of benzene rings is 2. The molecule has 1 aromatic heterocycles. The van der Waals surface area contributed by atoms with E-state index in [0.717, 1.165) is 27.9 Å². The molecule has 0 aliphatic heterocycles. The van der Waals surface area contributed by atoms with Crippen molar-refractivity contribution in [1.82, 2.24) is 4.98 Å². The number of hydrogen-bond donors (Lipinski definition) is 0. The summed E-state index contributed by atoms with van der Waals surface area (Å²) < 4.78 is 5.15. The van der Waals surface area contributed by atoms with Gasteiger partial charge in [0.1, 0.15) is 5.75 Å². The van der Waals surface area contributed by atoms with Gasteiger partial charge in [-0.1, -0.05) is 18.2 Å². The zero-order valence-electron chi connectivity index (χ0n) is 10.1. The van der Waals surface area contributed by atoms with Crippen LogP contribution in [0.2, 0.25) is 0 Å². The molecule has 0 spiro atoms. The van der Waals surface area contributed by atoms with Gasteiger partial charge in [-0.15, -0.1) is 0 Å². The molecule has 0 aliphatic rings. The van der Waals surface area contributed by atoms with Crippen LogP contribution in [0.25, 0.3) is 22.2 Å². The second kappa shape index (κ2) is 4.49. The maximum absolute atomic E-state index is 5.15. The summed E-state index contributed by atoms with van der Waals surface area (Å²) in [6.45, 7) is 0. The van der Waals surface area contributed by atoms with Crippen molar-refractivity contribution in [1.29, 1.82) is 0 Å². The first kappa shape index (κ1) is 10.8. The SMILES string of the molecule is COc1ccc(-c2c[c]c3ccccc3n2)cc1. The molecule has 0 atom stereocenters. The van der Waals surface area contributed by atoms with Crippen molar-refractivity contribution in [3.05, 3.63) is 60.7 Å². The van der Waals surface area contributed by atoms with Gasteiger partial charge in [0.25, 0.3) is 0 Å². The topological polar surface area (TPSA) is 22.1 Å². The van der Waals surface area contributed by atoms with Crippen LogP contribution in [0.3, 0.4) is 0 Å². The van der Waals surface area contributed by atoms with Crippen LogP contribution < -0.4 is 4.74 Å². The van der Waals surface area contributed by atoms with Crippen LogP contribution in [-0.4, -0.2) is 12.1 Å². The highest BCUT2D eigenvalue weighted by Gasteiger charge is 2.01. The van der Waals surface area contributed by atoms with Gasteiger partial charge < -0.3 is 4.74 Å². The molecule has 0 saturated carbocycles. The number of rotatable bonds is 2. The van der Waals surface area contributed by atoms with Crippen molar-refractivity contribution < 1.29 is 4.74 Å². The summed E-state index contributed by atoms with van der Waals surface area (Å²) in [5.74, 6) is 0.850. The molecule has 0 fully saturated rings. The minimum Gasteiger partial charge on any atom is -0.497 e. The molecule has 0 amide bonds. The van der Waals surface area contributed by atoms with Crippen LogP contribution in [0.5, 0.6) is 5.75 Å². The third-order valence-electron chi connectivity index (χ3n) is 2.90. The van der Waals surface area contributed by atoms with E-state index in [9.17, 15) is 0 Å². The Bertz CT molecular complexity index is 674. The van der Waals surface area contributed by atoms with Gasteiger partial charge in [0.05, 0.1) is 18.3 Å². The molecule has 87 valence electrons. The van der Waals surface area contributed by atoms with Gasteiger partial charge in [-0.25, -0.2) is 4.98 Å². The molecule has 0 N–H and O–H groups in total. The molecule has 0 aliphatic carbocycles. The van der Waals surface area contributed by atoms with E-state index in [2.05, 4.69) is 11.1 Å². The molecule has 2 aromatic carbocycles. The maximum atomic E-state index is 5.15. The van der Waals surface area contributed by atoms with Crippen molar-refractivity contribution in [3.63, 3.8) is 0 Å². The van der Waals surface area contributed by atoms with Gasteiger partial charge in [-0.2, -0.15) is 0 Å². The summed E-state index contributed by atoms with van der Waals surface area (Å²) in [7, 11) is 1.66. The highest BCUT2D eigenvalue weighted by Crippen LogP contribution is 2.22. The summed E-state index contributed by atoms with van der Waals surface area (Å²) in [6, 6.07) is 21.0. The fourth-order valence-corrected chi connectivity index (χ4v) is 1.91. The average Bonchev–Trinajstić information content (AvgIpc) is 2.47. The molecule has 0 bridgehead atoms. The zero-order chi connectivity index (χ0) is 12.4. The van der Waals surface area contributed by atoms with Crippen molar-refractivity contribution in [3.8, 4) is 17.0 Å². The van der Waals surface area contributed by atoms with E-state index in [1.807, 2.05) is 54.6 Å². The number of aromatic nitrogens is 1. The monoisotopic (exact) mass is 234 g/mol. The third kappa shape index (κ3) is 1.93. The van der Waals surface area contributed by atoms with Gasteiger partial charge in [0.15, 0.2) is 0 Å². The Labute approximate surface area is 106 Å². The number of nitrogens with zero attached hydrogens (tertiary/aromatic N) is 1. The van der Waals surface area contributed by atoms with E-state index in [0.29, 0.717) is 0 Å². The van der Waals surface area contributed by atoms with Crippen molar-refractivity contribution in [2.24, 2.45) is 0 Å². The number of ether oxygens (including phenoxy) is 1. The molecule has 0 unspecified atom stereocenters. The number of pyridine rings is 1. The molecule has 0 saturated heterocycles. The number of para-hydroxylation sites is 1. The second-order valence-corrected chi connectivity index (χ2v) is 4.03. The van der Waals surface area contributed by atoms with E-state index < -0.39 is 0 Å². The van der Waals surface area contributed by atoms with Gasteiger partial charge >= 0.3 is 0 Å². The maximum Gasteiger partial charge on any atom is 0.118 e. The highest BCUT2D eigenvalue weighted by atomic mass is 16.5. The Morgan fingerprint density at radius 3 is 2.56 bits per heavy atom. The Kier molecular flexibility index (Phi) is 2.69. The Morgan fingerprint density at radius 1 is 1.00 bits per heavy atom. The highest BCUT2D eigenvalue weighted by molar-refractivity contribution is 5.80. The second-order valence-electron chi connectivity index (χ2n) is 4.03. The Hall–Kier alpha value is -2.35. The Morgan fingerprint density at radius 2 is 1.78 bits per heavy atom. The first-order chi connectivity index (χ1) is 8.86. The van der Waals surface area contributed by atoms with E-state index in [4.69, 9.17) is 4.74 Å². The summed E-state index contributed by atoms with van der Waals surface area (Å²) in [6.07, 6.45) is 0. The predicted octanol–water partition coefficient (Wildman–Crippen LogP) is 3.71. The van der Waals surface area contributed by atoms with Gasteiger partial charge in [0.2, 0.25) is 0 Å². The van der Waals surface area contributed by atoms with Gasteiger partial charge in [-0.3, -0.25) is 0 Å². The number of hydrogen-bond acceptors (Lipinski definition) is 2. The lowest BCUT2D eigenvalue weighted by Crippen LogP contribution is -1.86. The van der Waals surface area contributed by atoms with Crippen molar-refractivity contribution in [2.75, 3.05) is 7.11 Å². The van der Waals surface area contributed by atoms with E-state index in [1.54, 1.807) is 7.11 Å². The van der Waals surface area contributed by atoms with Crippen molar-refractivity contribution >= 4 is 10.9 Å². The lowest BCUT2D eigenvalue weighted by atomic mass is 10.1. The first-order valence-electron chi connectivity index (χ1n) is 5.79. The molecule has 1 heterocycles. The van der Waals surface area contributed by atoms with Crippen LogP contribution >= 0.6 is 0 Å². The first-order valence-corrected chi connectivity index (χ1v) is 5.79. The zero-order valence-corrected chi connectivity index (χ0v) is 10.1. The van der Waals surface area contributed by atoms with Crippen LogP contribution in [0.4, 0.5) is 0 Å². The summed E-state index contributed by atoms with van der Waals surface area (Å²) in [5, 5.41) is 1.04. The molecule has 1 radical (unpaired) electrons. The lowest BCUT2D eigenvalue weighted by molar-refractivity contribution is 0.415. The van der Waals surface area contributed by atoms with E-state index in [1.165, 1.54) is 0 Å². The molecule has 2 nitrogen and oxygen atoms in total. The number of methoxy groups -OCH3 is 1. The number of fused-ring (bicyclic) bond motifs is 1. The van der Waals surface area contributed by atoms with E-state index >= 15 is 0 Å². The fraction of sp³-hybridized carbons (Fsp3) is 0.0625. The standard InChI is InChI=1S/C16H12NO/c1-18-14-9-6-13(7-10-14)16-11-8-12-4-2-3-5-15(12)17-16/h2-7,9-11H,1H3. The molecule has 3 aromatic rings. The van der Waals surface area contributed by atoms with Crippen LogP contribution in [-0.2, 0) is 0 Å². The summed E-state index contributed by atoms with van der Waals surface area (Å²) >= 11 is 0. The molecule has 3 rings (SSSR count). The lowest BCUT2D eigenvalue weighted by Gasteiger charge is -2.04. The molecule has 18 heavy (non-hydrogen) atoms. The Balaban J connectivity index is 2.07.